The Morgan fingerprint density at radius 3 is 2.46 bits per heavy atom. The predicted molar refractivity (Wildman–Crippen MR) is 104 cm³/mol. The second-order valence-electron chi connectivity index (χ2n) is 6.04. The predicted octanol–water partition coefficient (Wildman–Crippen LogP) is 4.32. The maximum absolute atomic E-state index is 12.1. The molecule has 0 heterocycles. The van der Waals surface area contributed by atoms with Crippen molar-refractivity contribution >= 4 is 16.7 Å². The van der Waals surface area contributed by atoms with Gasteiger partial charge in [-0.15, -0.1) is 0 Å². The molecule has 26 heavy (non-hydrogen) atoms. The van der Waals surface area contributed by atoms with Gasteiger partial charge in [-0.3, -0.25) is 4.79 Å². The van der Waals surface area contributed by atoms with Crippen molar-refractivity contribution in [3.63, 3.8) is 0 Å². The molecule has 0 spiro atoms. The van der Waals surface area contributed by atoms with Crippen molar-refractivity contribution in [2.45, 2.75) is 19.4 Å². The van der Waals surface area contributed by atoms with Crippen molar-refractivity contribution in [1.82, 2.24) is 5.32 Å². The van der Waals surface area contributed by atoms with Crippen LogP contribution < -0.4 is 14.8 Å². The first-order valence-electron chi connectivity index (χ1n) is 8.76. The number of hydrogen-bond acceptors (Lipinski definition) is 3. The van der Waals surface area contributed by atoms with Crippen molar-refractivity contribution in [3.8, 4) is 11.5 Å². The average molecular weight is 349 g/mol. The van der Waals surface area contributed by atoms with Gasteiger partial charge in [0.25, 0.3) is 0 Å². The zero-order valence-corrected chi connectivity index (χ0v) is 14.9. The first kappa shape index (κ1) is 17.8. The second kappa shape index (κ2) is 8.90. The molecule has 0 aliphatic heterocycles. The lowest BCUT2D eigenvalue weighted by Gasteiger charge is -2.09. The van der Waals surface area contributed by atoms with Gasteiger partial charge in [0.15, 0.2) is 0 Å². The minimum Gasteiger partial charge on any atom is -0.497 e. The molecule has 0 aliphatic rings. The number of carbonyl (C=O) groups excluding carboxylic acids is 1. The number of rotatable bonds is 8. The molecule has 0 aromatic heterocycles. The van der Waals surface area contributed by atoms with Crippen molar-refractivity contribution in [2.24, 2.45) is 0 Å². The van der Waals surface area contributed by atoms with Crippen LogP contribution in [0.25, 0.3) is 10.8 Å². The number of amides is 1. The van der Waals surface area contributed by atoms with E-state index in [1.165, 1.54) is 10.8 Å². The van der Waals surface area contributed by atoms with Gasteiger partial charge in [0.1, 0.15) is 11.5 Å². The molecule has 1 N–H and O–H groups in total. The monoisotopic (exact) mass is 349 g/mol. The summed E-state index contributed by atoms with van der Waals surface area (Å²) in [4.78, 5) is 12.1. The van der Waals surface area contributed by atoms with Gasteiger partial charge in [-0.05, 0) is 47.0 Å². The summed E-state index contributed by atoms with van der Waals surface area (Å²) >= 11 is 0. The Bertz CT molecular complexity index is 853. The van der Waals surface area contributed by atoms with Crippen molar-refractivity contribution in [3.05, 3.63) is 72.3 Å². The summed E-state index contributed by atoms with van der Waals surface area (Å²) in [6.07, 6.45) is 1.12. The maximum atomic E-state index is 12.1. The molecular weight excluding hydrogens is 326 g/mol. The Hall–Kier alpha value is -3.01. The van der Waals surface area contributed by atoms with Crippen molar-refractivity contribution < 1.29 is 14.3 Å². The first-order valence-corrected chi connectivity index (χ1v) is 8.76. The molecule has 0 unspecified atom stereocenters. The summed E-state index contributed by atoms with van der Waals surface area (Å²) in [5, 5.41) is 5.36. The number of fused-ring (bicyclic) bond motifs is 1. The highest BCUT2D eigenvalue weighted by atomic mass is 16.5. The Morgan fingerprint density at radius 1 is 0.923 bits per heavy atom. The van der Waals surface area contributed by atoms with E-state index < -0.39 is 0 Å². The van der Waals surface area contributed by atoms with E-state index in [0.29, 0.717) is 26.0 Å². The van der Waals surface area contributed by atoms with Gasteiger partial charge in [0.2, 0.25) is 5.91 Å². The lowest BCUT2D eigenvalue weighted by atomic mass is 10.0. The molecule has 4 heteroatoms. The number of nitrogens with one attached hydrogen (secondary N) is 1. The minimum atomic E-state index is 0.0382. The Balaban J connectivity index is 1.41. The molecule has 3 aromatic carbocycles. The molecular formula is C22H23NO3. The zero-order chi connectivity index (χ0) is 18.2. The highest BCUT2D eigenvalue weighted by Crippen LogP contribution is 2.19. The quantitative estimate of drug-likeness (QED) is 0.616. The number of ether oxygens (including phenoxy) is 2. The molecule has 0 bridgehead atoms. The summed E-state index contributed by atoms with van der Waals surface area (Å²) in [7, 11) is 1.63. The van der Waals surface area contributed by atoms with Crippen LogP contribution in [0.4, 0.5) is 0 Å². The summed E-state index contributed by atoms with van der Waals surface area (Å²) in [6, 6.07) is 21.8. The summed E-state index contributed by atoms with van der Waals surface area (Å²) in [6.45, 7) is 1.05. The van der Waals surface area contributed by atoms with E-state index in [1.807, 2.05) is 42.5 Å². The normalized spacial score (nSPS) is 10.5. The average Bonchev–Trinajstić information content (AvgIpc) is 2.70. The van der Waals surface area contributed by atoms with E-state index in [9.17, 15) is 4.79 Å². The molecule has 3 rings (SSSR count). The molecule has 3 aromatic rings. The third kappa shape index (κ3) is 4.76. The highest BCUT2D eigenvalue weighted by molar-refractivity contribution is 5.86. The van der Waals surface area contributed by atoms with Crippen LogP contribution >= 0.6 is 0 Å². The first-order chi connectivity index (χ1) is 12.8. The number of hydrogen-bond donors (Lipinski definition) is 1. The number of benzene rings is 3. The molecule has 0 saturated carbocycles. The van der Waals surface area contributed by atoms with Crippen LogP contribution in [0.1, 0.15) is 18.4 Å². The largest absolute Gasteiger partial charge is 0.497 e. The topological polar surface area (TPSA) is 47.6 Å². The van der Waals surface area contributed by atoms with Gasteiger partial charge in [0, 0.05) is 13.0 Å². The van der Waals surface area contributed by atoms with Crippen molar-refractivity contribution in [2.75, 3.05) is 13.7 Å². The van der Waals surface area contributed by atoms with E-state index >= 15 is 0 Å². The Labute approximate surface area is 153 Å². The molecule has 1 amide bonds. The van der Waals surface area contributed by atoms with Gasteiger partial charge in [-0.1, -0.05) is 42.5 Å². The van der Waals surface area contributed by atoms with Gasteiger partial charge in [-0.2, -0.15) is 0 Å². The second-order valence-corrected chi connectivity index (χ2v) is 6.04. The van der Waals surface area contributed by atoms with Crippen molar-refractivity contribution in [1.29, 1.82) is 0 Å². The van der Waals surface area contributed by atoms with Gasteiger partial charge in [0.05, 0.1) is 13.7 Å². The molecule has 0 aliphatic carbocycles. The van der Waals surface area contributed by atoms with Crippen LogP contribution in [0.15, 0.2) is 66.7 Å². The Morgan fingerprint density at radius 2 is 1.65 bits per heavy atom. The Kier molecular flexibility index (Phi) is 6.09. The van der Waals surface area contributed by atoms with Crippen LogP contribution in [0, 0.1) is 0 Å². The fraction of sp³-hybridized carbons (Fsp3) is 0.227. The van der Waals surface area contributed by atoms with Crippen LogP contribution in [0.5, 0.6) is 11.5 Å². The third-order valence-electron chi connectivity index (χ3n) is 4.23. The minimum absolute atomic E-state index is 0.0382. The molecule has 134 valence electrons. The highest BCUT2D eigenvalue weighted by Gasteiger charge is 2.04. The summed E-state index contributed by atoms with van der Waals surface area (Å²) in [5.74, 6) is 1.61. The molecule has 0 fully saturated rings. The van der Waals surface area contributed by atoms with Gasteiger partial charge < -0.3 is 14.8 Å². The van der Waals surface area contributed by atoms with Gasteiger partial charge in [-0.25, -0.2) is 0 Å². The SMILES string of the molecule is COc1ccc(OCCCC(=O)NCc2cccc3ccccc23)cc1. The fourth-order valence-electron chi connectivity index (χ4n) is 2.82. The van der Waals surface area contributed by atoms with E-state index in [1.54, 1.807) is 7.11 Å². The maximum Gasteiger partial charge on any atom is 0.220 e. The smallest absolute Gasteiger partial charge is 0.220 e. The van der Waals surface area contributed by atoms with Crippen LogP contribution in [0.2, 0.25) is 0 Å². The molecule has 0 radical (unpaired) electrons. The number of methoxy groups -OCH3 is 1. The molecule has 0 saturated heterocycles. The van der Waals surface area contributed by atoms with E-state index in [2.05, 4.69) is 29.6 Å². The van der Waals surface area contributed by atoms with Crippen LogP contribution in [0.3, 0.4) is 0 Å². The lowest BCUT2D eigenvalue weighted by molar-refractivity contribution is -0.121. The molecule has 4 nitrogen and oxygen atoms in total. The molecule has 0 atom stereocenters. The van der Waals surface area contributed by atoms with Crippen LogP contribution in [-0.4, -0.2) is 19.6 Å². The summed E-state index contributed by atoms with van der Waals surface area (Å²) in [5.41, 5.74) is 1.13. The standard InChI is InChI=1S/C22H23NO3/c1-25-19-11-13-20(14-12-19)26-15-5-10-22(24)23-16-18-8-4-7-17-6-2-3-9-21(17)18/h2-4,6-9,11-14H,5,10,15-16H2,1H3,(H,23,24). The fourth-order valence-corrected chi connectivity index (χ4v) is 2.82. The number of carbonyl (C=O) groups is 1. The van der Waals surface area contributed by atoms with E-state index in [0.717, 1.165) is 17.1 Å². The lowest BCUT2D eigenvalue weighted by Crippen LogP contribution is -2.23. The third-order valence-corrected chi connectivity index (χ3v) is 4.23. The zero-order valence-electron chi connectivity index (χ0n) is 14.9. The van der Waals surface area contributed by atoms with E-state index in [4.69, 9.17) is 9.47 Å². The van der Waals surface area contributed by atoms with E-state index in [-0.39, 0.29) is 5.91 Å². The van der Waals surface area contributed by atoms with Gasteiger partial charge >= 0.3 is 0 Å². The van der Waals surface area contributed by atoms with Crippen LogP contribution in [-0.2, 0) is 11.3 Å². The summed E-state index contributed by atoms with van der Waals surface area (Å²) < 4.78 is 10.7.